The molecule has 2 fully saturated rings. The van der Waals surface area contributed by atoms with Crippen molar-refractivity contribution in [2.45, 2.75) is 44.7 Å². The Kier molecular flexibility index (Phi) is 7.30. The second-order valence-corrected chi connectivity index (χ2v) is 8.53. The van der Waals surface area contributed by atoms with Crippen molar-refractivity contribution in [2.24, 2.45) is 0 Å². The third-order valence-corrected chi connectivity index (χ3v) is 6.33. The summed E-state index contributed by atoms with van der Waals surface area (Å²) in [6.07, 6.45) is 0.246. The van der Waals surface area contributed by atoms with Gasteiger partial charge in [-0.3, -0.25) is 14.5 Å². The molecule has 4 rings (SSSR count). The number of piperazine rings is 1. The van der Waals surface area contributed by atoms with Crippen LogP contribution in [0.3, 0.4) is 0 Å². The molecule has 2 saturated heterocycles. The van der Waals surface area contributed by atoms with E-state index < -0.39 is 12.2 Å². The zero-order valence-electron chi connectivity index (χ0n) is 18.7. The van der Waals surface area contributed by atoms with E-state index in [-0.39, 0.29) is 31.0 Å². The summed E-state index contributed by atoms with van der Waals surface area (Å²) >= 11 is 0. The number of fused-ring (bicyclic) bond motifs is 1. The van der Waals surface area contributed by atoms with Crippen molar-refractivity contribution in [2.75, 3.05) is 53.0 Å². The van der Waals surface area contributed by atoms with Crippen LogP contribution in [0.2, 0.25) is 0 Å². The lowest BCUT2D eigenvalue weighted by atomic mass is 9.97. The molecule has 0 bridgehead atoms. The lowest BCUT2D eigenvalue weighted by Crippen LogP contribution is -2.53. The molecule has 1 aromatic carbocycles. The fourth-order valence-corrected chi connectivity index (χ4v) is 4.46. The first kappa shape index (κ1) is 23.0. The number of benzene rings is 1. The summed E-state index contributed by atoms with van der Waals surface area (Å²) < 4.78 is 22.4. The number of aliphatic hydroxyl groups excluding tert-OH is 1. The highest BCUT2D eigenvalue weighted by atomic mass is 16.5. The number of ketones is 1. The van der Waals surface area contributed by atoms with Crippen molar-refractivity contribution in [1.82, 2.24) is 9.80 Å². The van der Waals surface area contributed by atoms with E-state index in [0.29, 0.717) is 62.0 Å². The van der Waals surface area contributed by atoms with E-state index in [1.807, 2.05) is 4.90 Å². The van der Waals surface area contributed by atoms with Crippen molar-refractivity contribution in [3.05, 3.63) is 23.3 Å². The molecule has 0 saturated carbocycles. The molecule has 0 radical (unpaired) electrons. The number of aliphatic hydroxyl groups is 1. The zero-order chi connectivity index (χ0) is 22.7. The maximum absolute atomic E-state index is 12.5. The molecule has 9 nitrogen and oxygen atoms in total. The molecule has 0 aromatic heterocycles. The van der Waals surface area contributed by atoms with E-state index in [1.54, 1.807) is 19.1 Å². The Morgan fingerprint density at radius 2 is 2.03 bits per heavy atom. The lowest BCUT2D eigenvalue weighted by molar-refractivity contribution is -0.142. The van der Waals surface area contributed by atoms with Gasteiger partial charge in [0.15, 0.2) is 17.3 Å². The summed E-state index contributed by atoms with van der Waals surface area (Å²) in [7, 11) is 1.54. The molecular weight excluding hydrogens is 416 g/mol. The van der Waals surface area contributed by atoms with E-state index in [0.717, 1.165) is 12.8 Å². The van der Waals surface area contributed by atoms with Gasteiger partial charge >= 0.3 is 0 Å². The number of hydrogen-bond acceptors (Lipinski definition) is 8. The number of methoxy groups -OCH3 is 1. The Labute approximate surface area is 188 Å². The number of Topliss-reactive ketones (excluding diaryl/α,β-unsaturated/α-hetero) is 1. The van der Waals surface area contributed by atoms with Gasteiger partial charge in [-0.05, 0) is 31.9 Å². The fourth-order valence-electron chi connectivity index (χ4n) is 4.46. The molecule has 1 N–H and O–H groups in total. The lowest BCUT2D eigenvalue weighted by Gasteiger charge is -2.36. The Morgan fingerprint density at radius 3 is 2.72 bits per heavy atom. The Hall–Kier alpha value is -2.20. The SMILES string of the molecule is COc1ccc2c(c1OCC(O)CN1CCN(C(=O)C3CCCO3)CC1)COC(C)C2=O. The molecular formula is C23H32N2O7. The van der Waals surface area contributed by atoms with Crippen LogP contribution in [0.4, 0.5) is 0 Å². The molecule has 0 aliphatic carbocycles. The van der Waals surface area contributed by atoms with Crippen molar-refractivity contribution in [3.63, 3.8) is 0 Å². The standard InChI is InChI=1S/C23H32N2O7/c1-15-21(27)17-5-6-19(29-2)22(18(17)14-31-15)32-13-16(26)12-24-7-9-25(10-8-24)23(28)20-4-3-11-30-20/h5-6,15-16,20,26H,3-4,7-14H2,1-2H3. The summed E-state index contributed by atoms with van der Waals surface area (Å²) in [5.41, 5.74) is 1.22. The van der Waals surface area contributed by atoms with Crippen LogP contribution < -0.4 is 9.47 Å². The predicted molar refractivity (Wildman–Crippen MR) is 115 cm³/mol. The average molecular weight is 449 g/mol. The highest BCUT2D eigenvalue weighted by Crippen LogP contribution is 2.37. The smallest absolute Gasteiger partial charge is 0.251 e. The van der Waals surface area contributed by atoms with E-state index >= 15 is 0 Å². The molecule has 32 heavy (non-hydrogen) atoms. The van der Waals surface area contributed by atoms with Crippen molar-refractivity contribution in [3.8, 4) is 11.5 Å². The van der Waals surface area contributed by atoms with E-state index in [1.165, 1.54) is 7.11 Å². The molecule has 176 valence electrons. The normalized spacial score (nSPS) is 24.8. The third-order valence-electron chi connectivity index (χ3n) is 6.33. The van der Waals surface area contributed by atoms with Gasteiger partial charge in [0.1, 0.15) is 24.9 Å². The molecule has 9 heteroatoms. The quantitative estimate of drug-likeness (QED) is 0.656. The molecule has 1 amide bonds. The van der Waals surface area contributed by atoms with Crippen LogP contribution >= 0.6 is 0 Å². The van der Waals surface area contributed by atoms with E-state index in [9.17, 15) is 14.7 Å². The number of rotatable bonds is 7. The minimum atomic E-state index is -0.727. The van der Waals surface area contributed by atoms with Crippen LogP contribution in [-0.4, -0.2) is 98.0 Å². The fraction of sp³-hybridized carbons (Fsp3) is 0.652. The Balaban J connectivity index is 1.30. The molecule has 3 aliphatic rings. The van der Waals surface area contributed by atoms with E-state index in [4.69, 9.17) is 18.9 Å². The largest absolute Gasteiger partial charge is 0.493 e. The van der Waals surface area contributed by atoms with Gasteiger partial charge in [0.05, 0.1) is 13.7 Å². The minimum Gasteiger partial charge on any atom is -0.493 e. The Morgan fingerprint density at radius 1 is 1.25 bits per heavy atom. The molecule has 0 spiro atoms. The first-order chi connectivity index (χ1) is 15.5. The van der Waals surface area contributed by atoms with Crippen molar-refractivity contribution >= 4 is 11.7 Å². The number of carbonyl (C=O) groups excluding carboxylic acids is 2. The predicted octanol–water partition coefficient (Wildman–Crippen LogP) is 0.860. The van der Waals surface area contributed by atoms with Crippen LogP contribution in [0.25, 0.3) is 0 Å². The summed E-state index contributed by atoms with van der Waals surface area (Å²) in [5, 5.41) is 10.6. The molecule has 3 aliphatic heterocycles. The summed E-state index contributed by atoms with van der Waals surface area (Å²) in [6.45, 7) is 5.79. The Bertz CT molecular complexity index is 832. The van der Waals surface area contributed by atoms with E-state index in [2.05, 4.69) is 4.90 Å². The first-order valence-corrected chi connectivity index (χ1v) is 11.3. The van der Waals surface area contributed by atoms with Gasteiger partial charge in [0.2, 0.25) is 0 Å². The summed E-state index contributed by atoms with van der Waals surface area (Å²) in [5.74, 6) is 0.937. The summed E-state index contributed by atoms with van der Waals surface area (Å²) in [6, 6.07) is 3.44. The number of ether oxygens (including phenoxy) is 4. The molecule has 1 aromatic rings. The van der Waals surface area contributed by atoms with Crippen LogP contribution in [0.15, 0.2) is 12.1 Å². The second-order valence-electron chi connectivity index (χ2n) is 8.53. The van der Waals surface area contributed by atoms with Gasteiger partial charge in [0, 0.05) is 50.5 Å². The maximum Gasteiger partial charge on any atom is 0.251 e. The van der Waals surface area contributed by atoms with Crippen molar-refractivity contribution < 1.29 is 33.6 Å². The van der Waals surface area contributed by atoms with Gasteiger partial charge < -0.3 is 29.0 Å². The topological polar surface area (TPSA) is 97.8 Å². The van der Waals surface area contributed by atoms with Gasteiger partial charge in [-0.25, -0.2) is 0 Å². The van der Waals surface area contributed by atoms with Gasteiger partial charge in [-0.2, -0.15) is 0 Å². The first-order valence-electron chi connectivity index (χ1n) is 11.3. The number of hydrogen-bond donors (Lipinski definition) is 1. The molecule has 3 unspecified atom stereocenters. The minimum absolute atomic E-state index is 0.0611. The van der Waals surface area contributed by atoms with Crippen LogP contribution in [0.5, 0.6) is 11.5 Å². The highest BCUT2D eigenvalue weighted by Gasteiger charge is 2.31. The third kappa shape index (κ3) is 4.91. The zero-order valence-corrected chi connectivity index (χ0v) is 18.7. The molecule has 3 atom stereocenters. The molecule has 3 heterocycles. The monoisotopic (exact) mass is 448 g/mol. The maximum atomic E-state index is 12.5. The number of nitrogens with zero attached hydrogens (tertiary/aromatic N) is 2. The van der Waals surface area contributed by atoms with Gasteiger partial charge in [0.25, 0.3) is 5.91 Å². The van der Waals surface area contributed by atoms with Crippen molar-refractivity contribution in [1.29, 1.82) is 0 Å². The number of β-amino-alcohol motifs (C(OH)–C–C–N with tert-alkyl or cyclic N) is 1. The number of amides is 1. The van der Waals surface area contributed by atoms with Crippen LogP contribution in [0.1, 0.15) is 35.7 Å². The van der Waals surface area contributed by atoms with Crippen LogP contribution in [-0.2, 0) is 20.9 Å². The van der Waals surface area contributed by atoms with Gasteiger partial charge in [-0.1, -0.05) is 0 Å². The number of carbonyl (C=O) groups is 2. The van der Waals surface area contributed by atoms with Crippen LogP contribution in [0, 0.1) is 0 Å². The second kappa shape index (κ2) is 10.2. The highest BCUT2D eigenvalue weighted by molar-refractivity contribution is 6.02. The summed E-state index contributed by atoms with van der Waals surface area (Å²) in [4.78, 5) is 28.9. The van der Waals surface area contributed by atoms with Gasteiger partial charge in [-0.15, -0.1) is 0 Å². The average Bonchev–Trinajstić information content (AvgIpc) is 3.35.